The molecule has 8 aromatic rings. The summed E-state index contributed by atoms with van der Waals surface area (Å²) in [6, 6.07) is 46.0. The van der Waals surface area contributed by atoms with Gasteiger partial charge in [0.15, 0.2) is 0 Å². The van der Waals surface area contributed by atoms with E-state index in [9.17, 15) is 0 Å². The molecular weight excluding hydrogens is 617 g/mol. The Hall–Kier alpha value is -4.24. The molecule has 2 heteroatoms. The monoisotopic (exact) mass is 658 g/mol. The summed E-state index contributed by atoms with van der Waals surface area (Å²) in [5, 5.41) is 8.09. The lowest BCUT2D eigenvalue weighted by Gasteiger charge is -2.24. The molecular formula is C46H42S2. The van der Waals surface area contributed by atoms with Gasteiger partial charge in [-0.1, -0.05) is 124 Å². The fraction of sp³-hybridized carbons (Fsp3) is 0.217. The van der Waals surface area contributed by atoms with E-state index < -0.39 is 0 Å². The Morgan fingerprint density at radius 3 is 1.23 bits per heavy atom. The Morgan fingerprint density at radius 2 is 0.812 bits per heavy atom. The standard InChI is InChI=1S/C46H42S2/c1-3-5-7-23-37-39(43-29-33-19-11-15-25-41(33)47-43)27-31-17-9-13-21-35(31)45(37)46-36-22-14-10-18-32(36)28-40(38(46)24-8-6-4-2)44-30-34-20-12-16-26-42(34)48-44/h9-22,25-30H,3-8,23-24H2,1-2H3. The Kier molecular flexibility index (Phi) is 8.87. The molecule has 238 valence electrons. The normalized spacial score (nSPS) is 11.8. The first-order valence-corrected chi connectivity index (χ1v) is 19.4. The van der Waals surface area contributed by atoms with Gasteiger partial charge in [0.05, 0.1) is 0 Å². The van der Waals surface area contributed by atoms with Crippen LogP contribution in [0, 0.1) is 0 Å². The largest absolute Gasteiger partial charge is 0.135 e. The highest BCUT2D eigenvalue weighted by molar-refractivity contribution is 7.22. The van der Waals surface area contributed by atoms with E-state index in [1.807, 2.05) is 22.7 Å². The van der Waals surface area contributed by atoms with E-state index in [4.69, 9.17) is 0 Å². The van der Waals surface area contributed by atoms with Gasteiger partial charge in [0.2, 0.25) is 0 Å². The third-order valence-corrected chi connectivity index (χ3v) is 12.3. The Bertz CT molecular complexity index is 2150. The smallest absolute Gasteiger partial charge is 0.0358 e. The van der Waals surface area contributed by atoms with Gasteiger partial charge in [0, 0.05) is 19.2 Å². The highest BCUT2D eigenvalue weighted by Crippen LogP contribution is 2.49. The van der Waals surface area contributed by atoms with Crippen LogP contribution in [0.25, 0.3) is 73.7 Å². The van der Waals surface area contributed by atoms with Crippen LogP contribution >= 0.6 is 22.7 Å². The molecule has 8 rings (SSSR count). The van der Waals surface area contributed by atoms with Gasteiger partial charge in [0.25, 0.3) is 0 Å². The molecule has 6 aromatic carbocycles. The van der Waals surface area contributed by atoms with Crippen molar-refractivity contribution in [1.29, 1.82) is 0 Å². The first-order chi connectivity index (χ1) is 23.7. The number of hydrogen-bond donors (Lipinski definition) is 0. The molecule has 48 heavy (non-hydrogen) atoms. The molecule has 0 bridgehead atoms. The quantitative estimate of drug-likeness (QED) is 0.121. The second kappa shape index (κ2) is 13.7. The molecule has 0 fully saturated rings. The topological polar surface area (TPSA) is 0 Å². The lowest BCUT2D eigenvalue weighted by Crippen LogP contribution is -2.02. The average molecular weight is 659 g/mol. The van der Waals surface area contributed by atoms with Crippen molar-refractivity contribution < 1.29 is 0 Å². The van der Waals surface area contributed by atoms with E-state index in [1.54, 1.807) is 0 Å². The van der Waals surface area contributed by atoms with Gasteiger partial charge in [-0.15, -0.1) is 22.7 Å². The maximum absolute atomic E-state index is 2.50. The molecule has 0 saturated carbocycles. The highest BCUT2D eigenvalue weighted by Gasteiger charge is 2.24. The minimum atomic E-state index is 1.08. The Balaban J connectivity index is 1.50. The van der Waals surface area contributed by atoms with Crippen molar-refractivity contribution >= 4 is 64.4 Å². The van der Waals surface area contributed by atoms with Gasteiger partial charge in [0.1, 0.15) is 0 Å². The van der Waals surface area contributed by atoms with E-state index in [2.05, 4.69) is 135 Å². The molecule has 2 aromatic heterocycles. The first kappa shape index (κ1) is 31.1. The molecule has 0 aliphatic rings. The fourth-order valence-corrected chi connectivity index (χ4v) is 9.86. The lowest BCUT2D eigenvalue weighted by molar-refractivity contribution is 0.716. The minimum absolute atomic E-state index is 1.08. The van der Waals surface area contributed by atoms with Crippen LogP contribution in [0.3, 0.4) is 0 Å². The predicted molar refractivity (Wildman–Crippen MR) is 215 cm³/mol. The SMILES string of the molecule is CCCCCc1c(-c2cc3ccccc3s2)cc2ccccc2c1-c1c(CCCCC)c(-c2cc3ccccc3s2)cc2ccccc12. The molecule has 0 spiro atoms. The highest BCUT2D eigenvalue weighted by atomic mass is 32.1. The summed E-state index contributed by atoms with van der Waals surface area (Å²) in [5.74, 6) is 0. The van der Waals surface area contributed by atoms with Crippen molar-refractivity contribution in [2.24, 2.45) is 0 Å². The number of hydrogen-bond acceptors (Lipinski definition) is 2. The van der Waals surface area contributed by atoms with E-state index >= 15 is 0 Å². The maximum Gasteiger partial charge on any atom is 0.0358 e. The number of fused-ring (bicyclic) bond motifs is 4. The molecule has 0 nitrogen and oxygen atoms in total. The first-order valence-electron chi connectivity index (χ1n) is 17.8. The Labute approximate surface area is 292 Å². The molecule has 0 amide bonds. The molecule has 0 saturated heterocycles. The summed E-state index contributed by atoms with van der Waals surface area (Å²) in [4.78, 5) is 2.76. The molecule has 2 heterocycles. The molecule has 0 radical (unpaired) electrons. The third kappa shape index (κ3) is 5.76. The average Bonchev–Trinajstić information content (AvgIpc) is 3.76. The zero-order chi connectivity index (χ0) is 32.5. The minimum Gasteiger partial charge on any atom is -0.135 e. The maximum atomic E-state index is 2.50. The fourth-order valence-electron chi connectivity index (χ4n) is 7.64. The van der Waals surface area contributed by atoms with Crippen LogP contribution < -0.4 is 0 Å². The van der Waals surface area contributed by atoms with Crippen molar-refractivity contribution in [3.63, 3.8) is 0 Å². The second-order valence-corrected chi connectivity index (χ2v) is 15.4. The molecule has 0 unspecified atom stereocenters. The van der Waals surface area contributed by atoms with E-state index in [0.717, 1.165) is 12.8 Å². The lowest BCUT2D eigenvalue weighted by atomic mass is 9.80. The van der Waals surface area contributed by atoms with Crippen LogP contribution in [-0.4, -0.2) is 0 Å². The van der Waals surface area contributed by atoms with Crippen LogP contribution in [0.5, 0.6) is 0 Å². The van der Waals surface area contributed by atoms with Crippen LogP contribution in [-0.2, 0) is 12.8 Å². The van der Waals surface area contributed by atoms with Gasteiger partial charge in [-0.3, -0.25) is 0 Å². The van der Waals surface area contributed by atoms with Gasteiger partial charge in [-0.25, -0.2) is 0 Å². The zero-order valence-electron chi connectivity index (χ0n) is 28.0. The summed E-state index contributed by atoms with van der Waals surface area (Å²) < 4.78 is 2.72. The molecule has 0 aliphatic carbocycles. The van der Waals surface area contributed by atoms with Crippen LogP contribution in [0.1, 0.15) is 63.5 Å². The van der Waals surface area contributed by atoms with E-state index in [-0.39, 0.29) is 0 Å². The summed E-state index contributed by atoms with van der Waals surface area (Å²) >= 11 is 3.89. The van der Waals surface area contributed by atoms with Crippen molar-refractivity contribution in [2.75, 3.05) is 0 Å². The van der Waals surface area contributed by atoms with Gasteiger partial charge in [-0.05, 0) is 128 Å². The molecule has 0 N–H and O–H groups in total. The number of benzene rings is 6. The van der Waals surface area contributed by atoms with Crippen molar-refractivity contribution in [3.8, 4) is 32.0 Å². The summed E-state index contributed by atoms with van der Waals surface area (Å²) in [6.07, 6.45) is 9.45. The molecule has 0 atom stereocenters. The van der Waals surface area contributed by atoms with Crippen LogP contribution in [0.4, 0.5) is 0 Å². The summed E-state index contributed by atoms with van der Waals surface area (Å²) in [5.41, 5.74) is 8.78. The predicted octanol–water partition coefficient (Wildman–Crippen LogP) is 14.9. The Morgan fingerprint density at radius 1 is 0.417 bits per heavy atom. The number of rotatable bonds is 11. The second-order valence-electron chi connectivity index (χ2n) is 13.2. The number of thiophene rings is 2. The number of unbranched alkanes of at least 4 members (excludes halogenated alkanes) is 4. The van der Waals surface area contributed by atoms with Crippen LogP contribution in [0.2, 0.25) is 0 Å². The van der Waals surface area contributed by atoms with Crippen LogP contribution in [0.15, 0.2) is 121 Å². The van der Waals surface area contributed by atoms with Gasteiger partial charge < -0.3 is 0 Å². The van der Waals surface area contributed by atoms with Gasteiger partial charge >= 0.3 is 0 Å². The third-order valence-electron chi connectivity index (χ3n) is 10.0. The summed E-state index contributed by atoms with van der Waals surface area (Å²) in [6.45, 7) is 4.64. The van der Waals surface area contributed by atoms with Crippen molar-refractivity contribution in [3.05, 3.63) is 132 Å². The summed E-state index contributed by atoms with van der Waals surface area (Å²) in [7, 11) is 0. The van der Waals surface area contributed by atoms with Gasteiger partial charge in [-0.2, -0.15) is 0 Å². The zero-order valence-corrected chi connectivity index (χ0v) is 29.7. The van der Waals surface area contributed by atoms with E-state index in [1.165, 1.54) is 123 Å². The molecule has 0 aliphatic heterocycles. The van der Waals surface area contributed by atoms with Crippen molar-refractivity contribution in [2.45, 2.75) is 65.2 Å². The van der Waals surface area contributed by atoms with E-state index in [0.29, 0.717) is 0 Å². The van der Waals surface area contributed by atoms with Crippen molar-refractivity contribution in [1.82, 2.24) is 0 Å².